The summed E-state index contributed by atoms with van der Waals surface area (Å²) >= 11 is 0. The summed E-state index contributed by atoms with van der Waals surface area (Å²) in [6.07, 6.45) is 8.41. The van der Waals surface area contributed by atoms with Gasteiger partial charge in [0.1, 0.15) is 0 Å². The van der Waals surface area contributed by atoms with E-state index in [0.29, 0.717) is 5.41 Å². The van der Waals surface area contributed by atoms with Gasteiger partial charge in [0.15, 0.2) is 0 Å². The van der Waals surface area contributed by atoms with Gasteiger partial charge in [-0.1, -0.05) is 159 Å². The molecule has 0 unspecified atom stereocenters. The van der Waals surface area contributed by atoms with Crippen molar-refractivity contribution in [1.82, 2.24) is 4.57 Å². The highest BCUT2D eigenvalue weighted by molar-refractivity contribution is 7.00. The molecule has 4 aliphatic carbocycles. The van der Waals surface area contributed by atoms with Gasteiger partial charge in [-0.05, 0) is 226 Å². The Kier molecular flexibility index (Phi) is 11.5. The van der Waals surface area contributed by atoms with Crippen LogP contribution in [0.5, 0.6) is 0 Å². The number of anilines is 9. The van der Waals surface area contributed by atoms with E-state index in [1.807, 2.05) is 0 Å². The second-order valence-electron chi connectivity index (χ2n) is 28.7. The lowest BCUT2D eigenvalue weighted by atomic mass is 9.33. The molecule has 4 saturated carbocycles. The molecule has 0 radical (unpaired) electrons. The van der Waals surface area contributed by atoms with Gasteiger partial charge in [-0.25, -0.2) is 0 Å². The van der Waals surface area contributed by atoms with Gasteiger partial charge in [-0.15, -0.1) is 0 Å². The maximum atomic E-state index is 2.65. The van der Waals surface area contributed by atoms with Crippen molar-refractivity contribution in [2.45, 2.75) is 129 Å². The monoisotopic (exact) mass is 1070 g/mol. The number of aromatic nitrogens is 1. The predicted molar refractivity (Wildman–Crippen MR) is 350 cm³/mol. The smallest absolute Gasteiger partial charge is 0.252 e. The number of benzene rings is 9. The highest BCUT2D eigenvalue weighted by Gasteiger charge is 2.52. The molecule has 3 heterocycles. The number of para-hydroxylation sites is 2. The van der Waals surface area contributed by atoms with Crippen LogP contribution in [0.4, 0.5) is 51.2 Å². The first-order valence-electron chi connectivity index (χ1n) is 30.6. The molecule has 16 rings (SSSR count). The van der Waals surface area contributed by atoms with E-state index in [1.165, 1.54) is 133 Å². The molecular formula is C77H77BN4. The van der Waals surface area contributed by atoms with Crippen LogP contribution in [0.1, 0.15) is 129 Å². The fourth-order valence-corrected chi connectivity index (χ4v) is 16.3. The average molecular weight is 1070 g/mol. The third-order valence-corrected chi connectivity index (χ3v) is 20.0. The van der Waals surface area contributed by atoms with E-state index in [1.54, 1.807) is 5.56 Å². The van der Waals surface area contributed by atoms with Crippen molar-refractivity contribution in [3.63, 3.8) is 0 Å². The molecule has 0 amide bonds. The molecular weight excluding hydrogens is 992 g/mol. The molecule has 9 aromatic carbocycles. The summed E-state index contributed by atoms with van der Waals surface area (Å²) < 4.78 is 2.45. The van der Waals surface area contributed by atoms with E-state index in [-0.39, 0.29) is 23.0 Å². The van der Waals surface area contributed by atoms with Crippen molar-refractivity contribution in [2.24, 2.45) is 17.8 Å². The average Bonchev–Trinajstić information content (AvgIpc) is 3.58. The van der Waals surface area contributed by atoms with Crippen molar-refractivity contribution in [3.8, 4) is 5.69 Å². The lowest BCUT2D eigenvalue weighted by molar-refractivity contribution is -0.00518. The summed E-state index contributed by atoms with van der Waals surface area (Å²) in [7, 11) is 0. The molecule has 4 fully saturated rings. The second kappa shape index (κ2) is 18.4. The molecule has 0 atom stereocenters. The third-order valence-electron chi connectivity index (χ3n) is 20.0. The molecule has 0 spiro atoms. The first kappa shape index (κ1) is 51.1. The van der Waals surface area contributed by atoms with E-state index in [2.05, 4.69) is 283 Å². The molecule has 5 heteroatoms. The molecule has 0 saturated heterocycles. The first-order valence-corrected chi connectivity index (χ1v) is 30.6. The van der Waals surface area contributed by atoms with Gasteiger partial charge in [-0.3, -0.25) is 0 Å². The van der Waals surface area contributed by atoms with Gasteiger partial charge in [-0.2, -0.15) is 0 Å². The molecule has 82 heavy (non-hydrogen) atoms. The van der Waals surface area contributed by atoms with Gasteiger partial charge in [0, 0.05) is 67.6 Å². The van der Waals surface area contributed by atoms with Crippen LogP contribution in [0.15, 0.2) is 194 Å². The molecule has 1 aromatic heterocycles. The number of aryl methyl sites for hydroxylation is 1. The molecule has 4 bridgehead atoms. The van der Waals surface area contributed by atoms with Crippen LogP contribution >= 0.6 is 0 Å². The van der Waals surface area contributed by atoms with Crippen molar-refractivity contribution in [1.29, 1.82) is 0 Å². The zero-order valence-corrected chi connectivity index (χ0v) is 49.8. The van der Waals surface area contributed by atoms with E-state index >= 15 is 0 Å². The second-order valence-corrected chi connectivity index (χ2v) is 28.7. The summed E-state index contributed by atoms with van der Waals surface area (Å²) in [5, 5.41) is 2.50. The van der Waals surface area contributed by atoms with Gasteiger partial charge in [0.05, 0.1) is 11.0 Å². The van der Waals surface area contributed by atoms with Crippen molar-refractivity contribution < 1.29 is 0 Å². The molecule has 0 N–H and O–H groups in total. The van der Waals surface area contributed by atoms with Crippen molar-refractivity contribution >= 4 is 96.1 Å². The van der Waals surface area contributed by atoms with E-state index in [4.69, 9.17) is 0 Å². The largest absolute Gasteiger partial charge is 0.311 e. The van der Waals surface area contributed by atoms with Crippen LogP contribution in [-0.2, 0) is 21.7 Å². The SMILES string of the molecule is Cc1cc2c3c(c1)N(c1ccc(C(C)(C)C)cc1)c1cc(C(C)(C)C)ccc1B3c1ccc(N(c3ccc(C(C)(C)C)cc3)c3ccc4c5ccccc5n(-c5ccccc5)c4c3)cc1N2c1ccc(C23CC4CC(CC(C4)C2)C3)cc1. The molecule has 4 nitrogen and oxygen atoms in total. The Labute approximate surface area is 487 Å². The Morgan fingerprint density at radius 3 is 1.49 bits per heavy atom. The zero-order chi connectivity index (χ0) is 56.2. The van der Waals surface area contributed by atoms with E-state index < -0.39 is 0 Å². The lowest BCUT2D eigenvalue weighted by Crippen LogP contribution is -2.61. The highest BCUT2D eigenvalue weighted by Crippen LogP contribution is 2.61. The number of hydrogen-bond donors (Lipinski definition) is 0. The summed E-state index contributed by atoms with van der Waals surface area (Å²) in [5.74, 6) is 2.66. The van der Waals surface area contributed by atoms with Gasteiger partial charge in [0.2, 0.25) is 0 Å². The minimum absolute atomic E-state index is 0.0101. The lowest BCUT2D eigenvalue weighted by Gasteiger charge is -2.57. The van der Waals surface area contributed by atoms with Crippen LogP contribution in [0.3, 0.4) is 0 Å². The van der Waals surface area contributed by atoms with Crippen LogP contribution in [0.25, 0.3) is 27.5 Å². The van der Waals surface area contributed by atoms with Crippen LogP contribution < -0.4 is 31.1 Å². The summed E-state index contributed by atoms with van der Waals surface area (Å²) in [6.45, 7) is 23.2. The van der Waals surface area contributed by atoms with E-state index in [9.17, 15) is 0 Å². The highest BCUT2D eigenvalue weighted by atomic mass is 15.2. The number of rotatable bonds is 7. The van der Waals surface area contributed by atoms with Crippen LogP contribution in [0, 0.1) is 24.7 Å². The Bertz CT molecular complexity index is 4110. The first-order chi connectivity index (χ1) is 39.4. The topological polar surface area (TPSA) is 14.7 Å². The quantitative estimate of drug-likeness (QED) is 0.148. The van der Waals surface area contributed by atoms with Crippen LogP contribution in [0.2, 0.25) is 0 Å². The van der Waals surface area contributed by atoms with Crippen molar-refractivity contribution in [3.05, 3.63) is 222 Å². The minimum atomic E-state index is -0.0413. The Hall–Kier alpha value is -7.76. The standard InChI is InChI=1S/C77H77BN4/c1-49-38-71-73-72(39-49)82(60-31-24-55(25-32-60)77-46-50-40-51(47-77)42-52(41-50)48-77)70-45-62(34-37-66(70)78(73)65-36-26-56(76(8,9)10)43-69(65)81(71)59-29-22-54(23-30-59)75(5,6)7)79(58-27-20-53(21-28-58)74(2,3)4)61-33-35-64-63-18-14-15-19-67(63)80(68(64)44-61)57-16-12-11-13-17-57/h11-39,43-45,50-52H,40-42,46-48H2,1-10H3. The number of hydrogen-bond acceptors (Lipinski definition) is 3. The molecule has 2 aliphatic heterocycles. The van der Waals surface area contributed by atoms with Crippen molar-refractivity contribution in [2.75, 3.05) is 14.7 Å². The maximum Gasteiger partial charge on any atom is 0.252 e. The Morgan fingerprint density at radius 1 is 0.415 bits per heavy atom. The summed E-state index contributed by atoms with van der Waals surface area (Å²) in [6, 6.07) is 75.6. The summed E-state index contributed by atoms with van der Waals surface area (Å²) in [4.78, 5) is 7.76. The predicted octanol–water partition coefficient (Wildman–Crippen LogP) is 19.0. The summed E-state index contributed by atoms with van der Waals surface area (Å²) in [5.41, 5.74) is 25.4. The maximum absolute atomic E-state index is 2.65. The minimum Gasteiger partial charge on any atom is -0.311 e. The van der Waals surface area contributed by atoms with E-state index in [0.717, 1.165) is 40.5 Å². The fraction of sp³-hybridized carbons (Fsp3) is 0.299. The van der Waals surface area contributed by atoms with Gasteiger partial charge >= 0.3 is 0 Å². The molecule has 408 valence electrons. The Morgan fingerprint density at radius 2 is 0.890 bits per heavy atom. The fourth-order valence-electron chi connectivity index (χ4n) is 16.3. The van der Waals surface area contributed by atoms with Gasteiger partial charge in [0.25, 0.3) is 6.71 Å². The number of nitrogens with zero attached hydrogens (tertiary/aromatic N) is 4. The van der Waals surface area contributed by atoms with Crippen LogP contribution in [-0.4, -0.2) is 11.3 Å². The zero-order valence-electron chi connectivity index (χ0n) is 49.8. The molecule has 10 aromatic rings. The Balaban J connectivity index is 0.967. The normalized spacial score (nSPS) is 19.9. The third kappa shape index (κ3) is 8.22. The number of fused-ring (bicyclic) bond motifs is 7. The molecule has 6 aliphatic rings. The van der Waals surface area contributed by atoms with Gasteiger partial charge < -0.3 is 19.3 Å².